The average Bonchev–Trinajstić information content (AvgIpc) is 1.96. The van der Waals surface area contributed by atoms with E-state index in [2.05, 4.69) is 0 Å². The van der Waals surface area contributed by atoms with E-state index in [1.807, 2.05) is 0 Å². The number of allylic oxidation sites excluding steroid dienone is 2. The molecule has 0 amide bonds. The Bertz CT molecular complexity index is 270. The molecule has 0 unspecified atom stereocenters. The number of rotatable bonds is 2. The van der Waals surface area contributed by atoms with Gasteiger partial charge in [-0.25, -0.2) is 0 Å². The van der Waals surface area contributed by atoms with Crippen LogP contribution in [0.1, 0.15) is 0 Å². The van der Waals surface area contributed by atoms with Crippen molar-refractivity contribution in [2.45, 2.75) is 18.3 Å². The number of ketones is 1. The van der Waals surface area contributed by atoms with Gasteiger partial charge in [0.15, 0.2) is 0 Å². The second kappa shape index (κ2) is 3.78. The molecule has 0 saturated carbocycles. The summed E-state index contributed by atoms with van der Waals surface area (Å²) in [5.74, 6) is -8.25. The number of hydrogen-bond donors (Lipinski definition) is 0. The fraction of sp³-hybridized carbons (Fsp3) is 0.500. The van der Waals surface area contributed by atoms with Gasteiger partial charge in [0.05, 0.1) is 0 Å². The summed E-state index contributed by atoms with van der Waals surface area (Å²) in [6.07, 6.45) is -13.5. The highest BCUT2D eigenvalue weighted by molar-refractivity contribution is 5.94. The minimum atomic E-state index is -6.03. The smallest absolute Gasteiger partial charge is 0.285 e. The molecule has 1 nitrogen and oxygen atoms in total. The molecule has 15 heavy (non-hydrogen) atoms. The third-order valence-electron chi connectivity index (χ3n) is 1.10. The van der Waals surface area contributed by atoms with Gasteiger partial charge in [-0.2, -0.15) is 35.1 Å². The van der Waals surface area contributed by atoms with Gasteiger partial charge in [-0.05, 0) is 12.2 Å². The summed E-state index contributed by atoms with van der Waals surface area (Å²) in [7, 11) is 0. The lowest BCUT2D eigenvalue weighted by molar-refractivity contribution is -0.259. The Hall–Kier alpha value is -1.15. The summed E-state index contributed by atoms with van der Waals surface area (Å²) >= 11 is 0. The Morgan fingerprint density at radius 3 is 1.53 bits per heavy atom. The van der Waals surface area contributed by atoms with Crippen LogP contribution < -0.4 is 0 Å². The van der Waals surface area contributed by atoms with Gasteiger partial charge in [0.2, 0.25) is 0 Å². The van der Waals surface area contributed by atoms with E-state index in [4.69, 9.17) is 0 Å². The zero-order valence-electron chi connectivity index (χ0n) is 6.59. The van der Waals surface area contributed by atoms with E-state index in [0.717, 1.165) is 0 Å². The summed E-state index contributed by atoms with van der Waals surface area (Å²) in [5, 5.41) is 0. The van der Waals surface area contributed by atoms with Gasteiger partial charge in [0.25, 0.3) is 5.78 Å². The molecule has 0 aromatic carbocycles. The topological polar surface area (TPSA) is 17.1 Å². The Kier molecular flexibility index (Phi) is 3.49. The van der Waals surface area contributed by atoms with Crippen LogP contribution in [0.3, 0.4) is 0 Å². The monoisotopic (exact) mass is 242 g/mol. The van der Waals surface area contributed by atoms with Crippen molar-refractivity contribution in [3.8, 4) is 0 Å². The van der Waals surface area contributed by atoms with E-state index in [9.17, 15) is 39.9 Å². The SMILES string of the molecule is O=C(C=CC(F)(F)C(F)(F)F)C(F)(F)F. The van der Waals surface area contributed by atoms with E-state index in [-0.39, 0.29) is 0 Å². The molecule has 0 aliphatic heterocycles. The predicted molar refractivity (Wildman–Crippen MR) is 31.2 cm³/mol. The zero-order valence-corrected chi connectivity index (χ0v) is 6.59. The van der Waals surface area contributed by atoms with Gasteiger partial charge >= 0.3 is 18.3 Å². The predicted octanol–water partition coefficient (Wildman–Crippen LogP) is 2.87. The number of halogens is 8. The number of alkyl halides is 8. The van der Waals surface area contributed by atoms with E-state index in [1.54, 1.807) is 0 Å². The summed E-state index contributed by atoms with van der Waals surface area (Å²) in [4.78, 5) is 9.93. The lowest BCUT2D eigenvalue weighted by atomic mass is 10.2. The highest BCUT2D eigenvalue weighted by Crippen LogP contribution is 2.36. The fourth-order valence-corrected chi connectivity index (χ4v) is 0.369. The molecular formula is C6H2F8O. The summed E-state index contributed by atoms with van der Waals surface area (Å²) in [6, 6.07) is 0. The Balaban J connectivity index is 4.76. The van der Waals surface area contributed by atoms with Crippen molar-refractivity contribution in [1.29, 1.82) is 0 Å². The zero-order chi connectivity index (χ0) is 12.5. The molecule has 0 fully saturated rings. The molecule has 0 spiro atoms. The molecule has 0 aromatic heterocycles. The van der Waals surface area contributed by atoms with Crippen molar-refractivity contribution in [1.82, 2.24) is 0 Å². The Labute approximate surface area is 77.4 Å². The molecule has 88 valence electrons. The quantitative estimate of drug-likeness (QED) is 0.537. The van der Waals surface area contributed by atoms with Crippen LogP contribution in [0.2, 0.25) is 0 Å². The van der Waals surface area contributed by atoms with Crippen molar-refractivity contribution >= 4 is 5.78 Å². The van der Waals surface area contributed by atoms with E-state index < -0.39 is 36.2 Å². The lowest BCUT2D eigenvalue weighted by Crippen LogP contribution is -2.34. The Morgan fingerprint density at radius 2 is 1.27 bits per heavy atom. The maximum absolute atomic E-state index is 11.9. The normalized spacial score (nSPS) is 14.7. The van der Waals surface area contributed by atoms with Crippen LogP contribution in [-0.4, -0.2) is 24.1 Å². The maximum Gasteiger partial charge on any atom is 0.457 e. The number of carbonyl (C=O) groups excluding carboxylic acids is 1. The molecule has 0 rings (SSSR count). The first-order chi connectivity index (χ1) is 6.38. The minimum absolute atomic E-state index is 0.854. The second-order valence-corrected chi connectivity index (χ2v) is 2.32. The van der Waals surface area contributed by atoms with Gasteiger partial charge in [0, 0.05) is 0 Å². The summed E-state index contributed by atoms with van der Waals surface area (Å²) in [5.41, 5.74) is 0. The summed E-state index contributed by atoms with van der Waals surface area (Å²) in [6.45, 7) is 0. The van der Waals surface area contributed by atoms with Gasteiger partial charge < -0.3 is 0 Å². The van der Waals surface area contributed by atoms with E-state index in [0.29, 0.717) is 0 Å². The van der Waals surface area contributed by atoms with Crippen molar-refractivity contribution in [2.24, 2.45) is 0 Å². The molecule has 0 aliphatic rings. The van der Waals surface area contributed by atoms with Crippen molar-refractivity contribution in [2.75, 3.05) is 0 Å². The van der Waals surface area contributed by atoms with E-state index >= 15 is 0 Å². The largest absolute Gasteiger partial charge is 0.457 e. The number of hydrogen-bond acceptors (Lipinski definition) is 1. The third kappa shape index (κ3) is 3.84. The molecule has 0 aromatic rings. The lowest BCUT2D eigenvalue weighted by Gasteiger charge is -2.15. The van der Waals surface area contributed by atoms with Crippen LogP contribution in [-0.2, 0) is 4.79 Å². The van der Waals surface area contributed by atoms with E-state index in [1.165, 1.54) is 0 Å². The molecular weight excluding hydrogens is 240 g/mol. The Morgan fingerprint density at radius 1 is 0.867 bits per heavy atom. The second-order valence-electron chi connectivity index (χ2n) is 2.32. The molecule has 0 radical (unpaired) electrons. The van der Waals surface area contributed by atoms with Crippen LogP contribution in [0.25, 0.3) is 0 Å². The average molecular weight is 242 g/mol. The standard InChI is InChI=1S/C6H2F8O/c7-4(8,6(12,13)14)2-1-3(15)5(9,10)11/h1-2H. The molecule has 9 heteroatoms. The molecule has 0 atom stereocenters. The van der Waals surface area contributed by atoms with Crippen LogP contribution in [0.5, 0.6) is 0 Å². The first kappa shape index (κ1) is 13.8. The molecule has 0 N–H and O–H groups in total. The highest BCUT2D eigenvalue weighted by Gasteiger charge is 2.55. The van der Waals surface area contributed by atoms with Gasteiger partial charge in [0.1, 0.15) is 0 Å². The van der Waals surface area contributed by atoms with Gasteiger partial charge in [-0.15, -0.1) is 0 Å². The van der Waals surface area contributed by atoms with Crippen LogP contribution >= 0.6 is 0 Å². The molecule has 0 aliphatic carbocycles. The first-order valence-electron chi connectivity index (χ1n) is 3.13. The van der Waals surface area contributed by atoms with Crippen LogP contribution in [0.4, 0.5) is 35.1 Å². The maximum atomic E-state index is 11.9. The first-order valence-corrected chi connectivity index (χ1v) is 3.13. The molecule has 0 heterocycles. The third-order valence-corrected chi connectivity index (χ3v) is 1.10. The number of carbonyl (C=O) groups is 1. The van der Waals surface area contributed by atoms with Crippen LogP contribution in [0, 0.1) is 0 Å². The van der Waals surface area contributed by atoms with Crippen molar-refractivity contribution in [3.63, 3.8) is 0 Å². The highest BCUT2D eigenvalue weighted by atomic mass is 19.4. The van der Waals surface area contributed by atoms with Gasteiger partial charge in [-0.1, -0.05) is 0 Å². The molecule has 0 saturated heterocycles. The van der Waals surface area contributed by atoms with Crippen LogP contribution in [0.15, 0.2) is 12.2 Å². The van der Waals surface area contributed by atoms with Gasteiger partial charge in [-0.3, -0.25) is 4.79 Å². The summed E-state index contributed by atoms with van der Waals surface area (Å²) < 4.78 is 92.2. The fourth-order valence-electron chi connectivity index (χ4n) is 0.369. The van der Waals surface area contributed by atoms with Crippen molar-refractivity contribution in [3.05, 3.63) is 12.2 Å². The minimum Gasteiger partial charge on any atom is -0.285 e. The van der Waals surface area contributed by atoms with Crippen molar-refractivity contribution < 1.29 is 39.9 Å². The molecule has 0 bridgehead atoms.